The minimum absolute atomic E-state index is 0.0595. The number of carboxylic acid groups (broad SMARTS) is 1. The molecule has 0 fully saturated rings. The monoisotopic (exact) mass is 229 g/mol. The molecule has 0 radical (unpaired) electrons. The van der Waals surface area contributed by atoms with Crippen LogP contribution in [0.1, 0.15) is 0 Å². The Hall–Kier alpha value is -1.55. The summed E-state index contributed by atoms with van der Waals surface area (Å²) in [6, 6.07) is 4.21. The summed E-state index contributed by atoms with van der Waals surface area (Å²) in [7, 11) is 0. The summed E-state index contributed by atoms with van der Waals surface area (Å²) in [5.41, 5.74) is 0.0240. The summed E-state index contributed by atoms with van der Waals surface area (Å²) < 4.78 is 13.2. The van der Waals surface area contributed by atoms with Crippen LogP contribution in [0.25, 0.3) is 0 Å². The Kier molecular flexibility index (Phi) is 3.68. The van der Waals surface area contributed by atoms with E-state index in [1.807, 2.05) is 0 Å². The van der Waals surface area contributed by atoms with Crippen LogP contribution in [0, 0.1) is 5.82 Å². The SMILES string of the molecule is C=C(CNc1c(F)cccc1Cl)C(=O)O. The zero-order valence-corrected chi connectivity index (χ0v) is 8.51. The van der Waals surface area contributed by atoms with Gasteiger partial charge in [-0.05, 0) is 12.1 Å². The Morgan fingerprint density at radius 3 is 2.80 bits per heavy atom. The van der Waals surface area contributed by atoms with E-state index in [4.69, 9.17) is 16.7 Å². The molecule has 2 N–H and O–H groups in total. The van der Waals surface area contributed by atoms with Crippen molar-refractivity contribution in [3.05, 3.63) is 41.2 Å². The molecule has 0 spiro atoms. The largest absolute Gasteiger partial charge is 0.478 e. The molecule has 0 heterocycles. The first-order chi connectivity index (χ1) is 7.02. The molecule has 0 unspecified atom stereocenters. The molecule has 0 aromatic heterocycles. The van der Waals surface area contributed by atoms with E-state index in [-0.39, 0.29) is 22.8 Å². The lowest BCUT2D eigenvalue weighted by Crippen LogP contribution is -2.12. The van der Waals surface area contributed by atoms with Crippen molar-refractivity contribution in [1.29, 1.82) is 0 Å². The third-order valence-corrected chi connectivity index (χ3v) is 2.06. The van der Waals surface area contributed by atoms with E-state index < -0.39 is 11.8 Å². The summed E-state index contributed by atoms with van der Waals surface area (Å²) in [5, 5.41) is 11.3. The maximum Gasteiger partial charge on any atom is 0.332 e. The predicted molar refractivity (Wildman–Crippen MR) is 56.7 cm³/mol. The van der Waals surface area contributed by atoms with Crippen molar-refractivity contribution in [2.24, 2.45) is 0 Å². The molecule has 15 heavy (non-hydrogen) atoms. The van der Waals surface area contributed by atoms with Crippen LogP contribution >= 0.6 is 11.6 Å². The van der Waals surface area contributed by atoms with Crippen LogP contribution in [0.3, 0.4) is 0 Å². The maximum atomic E-state index is 13.2. The highest BCUT2D eigenvalue weighted by atomic mass is 35.5. The van der Waals surface area contributed by atoms with E-state index in [2.05, 4.69) is 11.9 Å². The second-order valence-electron chi connectivity index (χ2n) is 2.86. The van der Waals surface area contributed by atoms with Crippen LogP contribution in [-0.4, -0.2) is 17.6 Å². The fourth-order valence-electron chi connectivity index (χ4n) is 0.937. The number of carboxylic acids is 1. The Labute approximate surface area is 91.2 Å². The topological polar surface area (TPSA) is 49.3 Å². The van der Waals surface area contributed by atoms with Crippen LogP contribution in [-0.2, 0) is 4.79 Å². The highest BCUT2D eigenvalue weighted by Crippen LogP contribution is 2.24. The molecule has 1 rings (SSSR count). The van der Waals surface area contributed by atoms with Gasteiger partial charge in [0.05, 0.1) is 10.7 Å². The Morgan fingerprint density at radius 1 is 1.60 bits per heavy atom. The van der Waals surface area contributed by atoms with Crippen molar-refractivity contribution in [1.82, 2.24) is 0 Å². The van der Waals surface area contributed by atoms with Crippen molar-refractivity contribution in [3.8, 4) is 0 Å². The third kappa shape index (κ3) is 2.95. The predicted octanol–water partition coefficient (Wildman–Crippen LogP) is 2.53. The third-order valence-electron chi connectivity index (χ3n) is 1.74. The molecule has 5 heteroatoms. The van der Waals surface area contributed by atoms with Gasteiger partial charge in [-0.15, -0.1) is 0 Å². The van der Waals surface area contributed by atoms with Crippen LogP contribution in [0.4, 0.5) is 10.1 Å². The van der Waals surface area contributed by atoms with Crippen LogP contribution < -0.4 is 5.32 Å². The minimum atomic E-state index is -1.13. The molecule has 0 aliphatic carbocycles. The fraction of sp³-hybridized carbons (Fsp3) is 0.100. The van der Waals surface area contributed by atoms with E-state index >= 15 is 0 Å². The van der Waals surface area contributed by atoms with Gasteiger partial charge in [0.25, 0.3) is 0 Å². The van der Waals surface area contributed by atoms with Crippen molar-refractivity contribution < 1.29 is 14.3 Å². The number of para-hydroxylation sites is 1. The summed E-state index contributed by atoms with van der Waals surface area (Å²) >= 11 is 5.71. The van der Waals surface area contributed by atoms with Gasteiger partial charge < -0.3 is 10.4 Å². The van der Waals surface area contributed by atoms with Crippen LogP contribution in [0.15, 0.2) is 30.4 Å². The van der Waals surface area contributed by atoms with Gasteiger partial charge in [-0.25, -0.2) is 9.18 Å². The first kappa shape index (κ1) is 11.5. The molecule has 0 saturated carbocycles. The normalized spacial score (nSPS) is 9.73. The maximum absolute atomic E-state index is 13.2. The zero-order valence-electron chi connectivity index (χ0n) is 7.76. The van der Waals surface area contributed by atoms with Crippen molar-refractivity contribution in [2.45, 2.75) is 0 Å². The molecule has 0 aliphatic rings. The number of hydrogen-bond acceptors (Lipinski definition) is 2. The molecule has 0 amide bonds. The van der Waals surface area contributed by atoms with Crippen molar-refractivity contribution in [2.75, 3.05) is 11.9 Å². The number of carbonyl (C=O) groups is 1. The second kappa shape index (κ2) is 4.79. The van der Waals surface area contributed by atoms with Gasteiger partial charge in [0.2, 0.25) is 0 Å². The van der Waals surface area contributed by atoms with Gasteiger partial charge in [-0.1, -0.05) is 24.2 Å². The quantitative estimate of drug-likeness (QED) is 0.780. The number of benzene rings is 1. The van der Waals surface area contributed by atoms with Gasteiger partial charge in [-0.3, -0.25) is 0 Å². The lowest BCUT2D eigenvalue weighted by atomic mass is 10.2. The number of hydrogen-bond donors (Lipinski definition) is 2. The summed E-state index contributed by atoms with van der Waals surface area (Å²) in [4.78, 5) is 10.4. The number of rotatable bonds is 4. The molecular formula is C10H9ClFNO2. The lowest BCUT2D eigenvalue weighted by molar-refractivity contribution is -0.132. The highest BCUT2D eigenvalue weighted by Gasteiger charge is 2.08. The molecular weight excluding hydrogens is 221 g/mol. The van der Waals surface area contributed by atoms with E-state index in [0.29, 0.717) is 0 Å². The highest BCUT2D eigenvalue weighted by molar-refractivity contribution is 6.33. The molecule has 1 aromatic carbocycles. The van der Waals surface area contributed by atoms with E-state index in [1.54, 1.807) is 0 Å². The summed E-state index contributed by atoms with van der Waals surface area (Å²) in [6.07, 6.45) is 0. The molecule has 0 atom stereocenters. The first-order valence-corrected chi connectivity index (χ1v) is 4.49. The van der Waals surface area contributed by atoms with Gasteiger partial charge in [0, 0.05) is 12.1 Å². The second-order valence-corrected chi connectivity index (χ2v) is 3.27. The number of nitrogens with one attached hydrogen (secondary N) is 1. The molecule has 0 bridgehead atoms. The Balaban J connectivity index is 2.73. The number of aliphatic carboxylic acids is 1. The van der Waals surface area contributed by atoms with Gasteiger partial charge in [0.1, 0.15) is 5.82 Å². The van der Waals surface area contributed by atoms with E-state index in [1.165, 1.54) is 18.2 Å². The molecule has 0 aliphatic heterocycles. The molecule has 1 aromatic rings. The molecule has 0 saturated heterocycles. The van der Waals surface area contributed by atoms with Crippen LogP contribution in [0.5, 0.6) is 0 Å². The lowest BCUT2D eigenvalue weighted by Gasteiger charge is -2.08. The van der Waals surface area contributed by atoms with E-state index in [0.717, 1.165) is 0 Å². The van der Waals surface area contributed by atoms with Gasteiger partial charge in [0.15, 0.2) is 0 Å². The van der Waals surface area contributed by atoms with Crippen molar-refractivity contribution >= 4 is 23.3 Å². The summed E-state index contributed by atoms with van der Waals surface area (Å²) in [6.45, 7) is 3.24. The first-order valence-electron chi connectivity index (χ1n) is 4.11. The minimum Gasteiger partial charge on any atom is -0.478 e. The number of halogens is 2. The fourth-order valence-corrected chi connectivity index (χ4v) is 1.17. The standard InChI is InChI=1S/C10H9ClFNO2/c1-6(10(14)15)5-13-9-7(11)3-2-4-8(9)12/h2-4,13H,1,5H2,(H,14,15). The average Bonchev–Trinajstić information content (AvgIpc) is 2.16. The summed E-state index contributed by atoms with van der Waals surface area (Å²) in [5.74, 6) is -1.66. The molecule has 3 nitrogen and oxygen atoms in total. The van der Waals surface area contributed by atoms with Gasteiger partial charge in [-0.2, -0.15) is 0 Å². The van der Waals surface area contributed by atoms with Crippen LogP contribution in [0.2, 0.25) is 5.02 Å². The Bertz CT molecular complexity index is 386. The molecule has 80 valence electrons. The smallest absolute Gasteiger partial charge is 0.332 e. The van der Waals surface area contributed by atoms with Gasteiger partial charge >= 0.3 is 5.97 Å². The Morgan fingerprint density at radius 2 is 2.27 bits per heavy atom. The van der Waals surface area contributed by atoms with E-state index in [9.17, 15) is 9.18 Å². The van der Waals surface area contributed by atoms with Crippen molar-refractivity contribution in [3.63, 3.8) is 0 Å². The number of anilines is 1. The zero-order chi connectivity index (χ0) is 11.4. The average molecular weight is 230 g/mol.